The third-order valence-electron chi connectivity index (χ3n) is 9.27. The first-order chi connectivity index (χ1) is 21.4. The molecule has 5 heterocycles. The smallest absolute Gasteiger partial charge is 0.307 e. The lowest BCUT2D eigenvalue weighted by molar-refractivity contribution is -0.137. The van der Waals surface area contributed by atoms with Crippen LogP contribution in [-0.4, -0.2) is 66.7 Å². The molecule has 2 fully saturated rings. The molecule has 45 heavy (non-hydrogen) atoms. The van der Waals surface area contributed by atoms with E-state index in [1.807, 2.05) is 39.8 Å². The minimum absolute atomic E-state index is 0.00260. The Morgan fingerprint density at radius 2 is 1.78 bits per heavy atom. The summed E-state index contributed by atoms with van der Waals surface area (Å²) in [5, 5.41) is 26.9. The number of carbonyl (C=O) groups is 4. The summed E-state index contributed by atoms with van der Waals surface area (Å²) in [5.41, 5.74) is 7.76. The van der Waals surface area contributed by atoms with Crippen LogP contribution in [0, 0.1) is 25.7 Å². The van der Waals surface area contributed by atoms with Crippen LogP contribution in [-0.2, 0) is 43.8 Å². The van der Waals surface area contributed by atoms with Crippen molar-refractivity contribution in [2.45, 2.75) is 71.1 Å². The number of aliphatic carboxylic acids is 2. The molecule has 0 aliphatic carbocycles. The number of carbonyl (C=O) groups excluding carboxylic acids is 2. The Morgan fingerprint density at radius 3 is 2.42 bits per heavy atom. The van der Waals surface area contributed by atoms with Gasteiger partial charge in [-0.1, -0.05) is 13.0 Å². The minimum Gasteiger partial charge on any atom is -0.481 e. The van der Waals surface area contributed by atoms with E-state index >= 15 is 0 Å². The van der Waals surface area contributed by atoms with Gasteiger partial charge in [0.05, 0.1) is 18.0 Å². The first kappa shape index (κ1) is 32.7. The molecule has 10 nitrogen and oxygen atoms in total. The second-order valence-corrected chi connectivity index (χ2v) is 14.0. The molecule has 2 aromatic heterocycles. The minimum atomic E-state index is -0.950. The molecule has 0 spiro atoms. The topological polar surface area (TPSA) is 164 Å². The van der Waals surface area contributed by atoms with E-state index in [9.17, 15) is 29.4 Å². The Morgan fingerprint density at radius 1 is 1.04 bits per heavy atom. The van der Waals surface area contributed by atoms with Crippen LogP contribution < -0.4 is 21.2 Å². The van der Waals surface area contributed by atoms with Crippen molar-refractivity contribution in [3.05, 3.63) is 61.2 Å². The van der Waals surface area contributed by atoms with Gasteiger partial charge in [-0.15, -0.1) is 0 Å². The fourth-order valence-electron chi connectivity index (χ4n) is 6.52. The van der Waals surface area contributed by atoms with Gasteiger partial charge in [0.2, 0.25) is 5.91 Å². The average molecular weight is 654 g/mol. The highest BCUT2D eigenvalue weighted by atomic mass is 32.2. The van der Waals surface area contributed by atoms with Gasteiger partial charge in [-0.05, 0) is 90.8 Å². The Labute approximate surface area is 271 Å². The molecule has 0 aromatic carbocycles. The number of hydrogen-bond donors (Lipinski definition) is 7. The predicted octanol–water partition coefficient (Wildman–Crippen LogP) is 1.66. The summed E-state index contributed by atoms with van der Waals surface area (Å²) >= 11 is 5.67. The van der Waals surface area contributed by atoms with Gasteiger partial charge in [0.15, 0.2) is 11.0 Å². The van der Waals surface area contributed by atoms with Crippen LogP contribution in [0.15, 0.2) is 16.8 Å². The summed E-state index contributed by atoms with van der Waals surface area (Å²) in [6.07, 6.45) is 6.86. The van der Waals surface area contributed by atoms with Crippen molar-refractivity contribution in [3.8, 4) is 0 Å². The van der Waals surface area contributed by atoms with E-state index in [0.717, 1.165) is 62.3 Å². The number of hydrogen-bond acceptors (Lipinski definition) is 5. The zero-order chi connectivity index (χ0) is 32.6. The predicted molar refractivity (Wildman–Crippen MR) is 180 cm³/mol. The third-order valence-corrected chi connectivity index (χ3v) is 10.5. The SMILES string of the molecule is CC1=C([C@H]2C[SH+]2)C(=O)N[C@@H]1Cc1[nH]c(=C\c2[nH]c(/C=C3\NC(=O)[C@H](C)[C@H]3CCS)c(C)c2CCC(=O)O)/c(=C/CC(=O)O)c1C. The molecule has 0 saturated carbocycles. The molecule has 3 aliphatic rings. The highest BCUT2D eigenvalue weighted by Crippen LogP contribution is 2.33. The maximum Gasteiger partial charge on any atom is 0.307 e. The highest BCUT2D eigenvalue weighted by Gasteiger charge is 2.47. The van der Waals surface area contributed by atoms with E-state index in [0.29, 0.717) is 28.5 Å². The Bertz CT molecular complexity index is 1750. The molecular weight excluding hydrogens is 613 g/mol. The molecule has 0 unspecified atom stereocenters. The Balaban J connectivity index is 1.60. The average Bonchev–Trinajstić information content (AvgIpc) is 3.56. The van der Waals surface area contributed by atoms with Crippen molar-refractivity contribution in [3.63, 3.8) is 0 Å². The fraction of sp³-hybridized carbons (Fsp3) is 0.455. The largest absolute Gasteiger partial charge is 0.481 e. The molecular formula is C33H41N4O6S2+. The van der Waals surface area contributed by atoms with Gasteiger partial charge < -0.3 is 30.8 Å². The van der Waals surface area contributed by atoms with Crippen LogP contribution in [0.4, 0.5) is 0 Å². The van der Waals surface area contributed by atoms with Crippen molar-refractivity contribution in [1.82, 2.24) is 20.6 Å². The lowest BCUT2D eigenvalue weighted by Crippen LogP contribution is -2.31. The van der Waals surface area contributed by atoms with Crippen molar-refractivity contribution < 1.29 is 29.4 Å². The van der Waals surface area contributed by atoms with E-state index in [4.69, 9.17) is 0 Å². The standard InChI is InChI=1S/C33H40N4O6S2/c1-15-19(5-7-29(38)39)25(34-22(15)11-24-18(4)31(28-14-45-28)33(43)36-24)13-26-20(6-8-30(40)41)16(2)23(35-26)12-27-21(9-10-44)17(3)32(42)37-27/h5,12-13,17,21,24,28,34-35,44H,6-11,14H2,1-4H3,(H,36,43)(H,37,42)(H,38,39)(H,40,41)/p+1/b19-5+,25-13-,27-12-/t17-,21-,24-,28-/m1/s1. The van der Waals surface area contributed by atoms with Gasteiger partial charge in [-0.2, -0.15) is 12.6 Å². The monoisotopic (exact) mass is 653 g/mol. The first-order valence-corrected chi connectivity index (χ1v) is 17.0. The number of thiol groups is 2. The molecule has 3 aliphatic heterocycles. The first-order valence-electron chi connectivity index (χ1n) is 15.2. The molecule has 0 bridgehead atoms. The van der Waals surface area contributed by atoms with Gasteiger partial charge in [-0.25, -0.2) is 0 Å². The Hall–Kier alpha value is -3.64. The number of amides is 2. The van der Waals surface area contributed by atoms with Crippen LogP contribution in [0.25, 0.3) is 18.2 Å². The zero-order valence-electron chi connectivity index (χ0n) is 25.9. The third kappa shape index (κ3) is 6.96. The zero-order valence-corrected chi connectivity index (χ0v) is 27.7. The molecule has 12 heteroatoms. The Kier molecular flexibility index (Phi) is 9.74. The van der Waals surface area contributed by atoms with E-state index in [-0.39, 0.29) is 49.0 Å². The summed E-state index contributed by atoms with van der Waals surface area (Å²) in [5.74, 6) is -0.409. The second kappa shape index (κ2) is 13.4. The van der Waals surface area contributed by atoms with Crippen molar-refractivity contribution in [1.29, 1.82) is 0 Å². The van der Waals surface area contributed by atoms with E-state index in [2.05, 4.69) is 33.2 Å². The summed E-state index contributed by atoms with van der Waals surface area (Å²) in [6, 6.07) is -0.146. The van der Waals surface area contributed by atoms with Crippen LogP contribution in [0.3, 0.4) is 0 Å². The number of rotatable bonds is 12. The highest BCUT2D eigenvalue weighted by molar-refractivity contribution is 7.87. The molecule has 2 aromatic rings. The molecule has 0 radical (unpaired) electrons. The number of carboxylic acids is 2. The fourth-order valence-corrected chi connectivity index (χ4v) is 7.59. The summed E-state index contributed by atoms with van der Waals surface area (Å²) in [7, 11) is 0. The molecule has 2 saturated heterocycles. The number of carboxylic acid groups (broad SMARTS) is 2. The maximum atomic E-state index is 12.7. The van der Waals surface area contributed by atoms with E-state index in [1.54, 1.807) is 6.08 Å². The maximum absolute atomic E-state index is 12.7. The number of H-pyrrole nitrogens is 2. The van der Waals surface area contributed by atoms with Crippen molar-refractivity contribution in [2.75, 3.05) is 11.5 Å². The van der Waals surface area contributed by atoms with E-state index in [1.165, 1.54) is 11.8 Å². The number of nitrogens with one attached hydrogen (secondary N) is 4. The quantitative estimate of drug-likeness (QED) is 0.105. The van der Waals surface area contributed by atoms with Crippen molar-refractivity contribution in [2.24, 2.45) is 11.8 Å². The second-order valence-electron chi connectivity index (χ2n) is 12.2. The molecule has 4 atom stereocenters. The van der Waals surface area contributed by atoms with Crippen LogP contribution in [0.1, 0.15) is 66.9 Å². The lowest BCUT2D eigenvalue weighted by atomic mass is 9.91. The summed E-state index contributed by atoms with van der Waals surface area (Å²) in [6.45, 7) is 7.79. The summed E-state index contributed by atoms with van der Waals surface area (Å²) in [4.78, 5) is 55.3. The van der Waals surface area contributed by atoms with Gasteiger partial charge in [0.25, 0.3) is 5.91 Å². The number of aromatic amines is 2. The molecule has 6 N–H and O–H groups in total. The van der Waals surface area contributed by atoms with E-state index < -0.39 is 11.9 Å². The number of allylic oxidation sites excluding steroid dienone is 1. The van der Waals surface area contributed by atoms with Gasteiger partial charge in [-0.3, -0.25) is 19.2 Å². The molecule has 240 valence electrons. The van der Waals surface area contributed by atoms with Gasteiger partial charge in [0, 0.05) is 52.8 Å². The summed E-state index contributed by atoms with van der Waals surface area (Å²) < 4.78 is 0. The van der Waals surface area contributed by atoms with Crippen LogP contribution >= 0.6 is 12.6 Å². The van der Waals surface area contributed by atoms with Crippen LogP contribution in [0.2, 0.25) is 0 Å². The normalized spacial score (nSPS) is 24.6. The van der Waals surface area contributed by atoms with Crippen LogP contribution in [0.5, 0.6) is 0 Å². The number of aromatic nitrogens is 2. The molecule has 2 amide bonds. The molecule has 5 rings (SSSR count). The van der Waals surface area contributed by atoms with Crippen molar-refractivity contribution >= 4 is 66.4 Å². The lowest BCUT2D eigenvalue weighted by Gasteiger charge is -2.12. The van der Waals surface area contributed by atoms with Gasteiger partial charge in [0.1, 0.15) is 0 Å². The van der Waals surface area contributed by atoms with Gasteiger partial charge >= 0.3 is 11.9 Å².